The predicted molar refractivity (Wildman–Crippen MR) is 127 cm³/mol. The third-order valence-electron chi connectivity index (χ3n) is 5.47. The molecule has 1 aromatic heterocycles. The molecule has 32 heavy (non-hydrogen) atoms. The van der Waals surface area contributed by atoms with E-state index in [0.29, 0.717) is 23.6 Å². The summed E-state index contributed by atoms with van der Waals surface area (Å²) in [5.74, 6) is -0.821. The second-order valence-corrected chi connectivity index (χ2v) is 8.80. The van der Waals surface area contributed by atoms with Crippen LogP contribution in [-0.2, 0) is 9.59 Å². The minimum atomic E-state index is -0.687. The van der Waals surface area contributed by atoms with Gasteiger partial charge < -0.3 is 9.84 Å². The highest BCUT2D eigenvalue weighted by molar-refractivity contribution is 7.10. The molecule has 0 bridgehead atoms. The number of amides is 1. The fourth-order valence-corrected chi connectivity index (χ4v) is 4.90. The molecule has 1 saturated heterocycles. The van der Waals surface area contributed by atoms with Crippen LogP contribution in [0.25, 0.3) is 5.76 Å². The van der Waals surface area contributed by atoms with Crippen LogP contribution < -0.4 is 9.64 Å². The molecule has 3 aromatic rings. The van der Waals surface area contributed by atoms with Crippen LogP contribution in [0.4, 0.5) is 5.69 Å². The van der Waals surface area contributed by atoms with E-state index in [0.717, 1.165) is 22.4 Å². The van der Waals surface area contributed by atoms with Gasteiger partial charge in [0.25, 0.3) is 11.7 Å². The number of Topliss-reactive ketones (excluding diaryl/α,β-unsaturated/α-hetero) is 1. The summed E-state index contributed by atoms with van der Waals surface area (Å²) >= 11 is 1.47. The molecule has 0 spiro atoms. The first-order valence-electron chi connectivity index (χ1n) is 10.6. The Morgan fingerprint density at radius 3 is 2.47 bits per heavy atom. The van der Waals surface area contributed by atoms with Gasteiger partial charge >= 0.3 is 0 Å². The number of aliphatic hydroxyl groups excluding tert-OH is 1. The van der Waals surface area contributed by atoms with Crippen LogP contribution in [0.5, 0.6) is 5.75 Å². The van der Waals surface area contributed by atoms with Crippen LogP contribution in [0.2, 0.25) is 0 Å². The van der Waals surface area contributed by atoms with E-state index in [1.54, 1.807) is 24.3 Å². The lowest BCUT2D eigenvalue weighted by molar-refractivity contribution is -0.132. The molecule has 1 unspecified atom stereocenters. The zero-order valence-electron chi connectivity index (χ0n) is 18.3. The average Bonchev–Trinajstić information content (AvgIpc) is 3.32. The third-order valence-corrected chi connectivity index (χ3v) is 6.55. The van der Waals surface area contributed by atoms with Crippen molar-refractivity contribution in [2.75, 3.05) is 11.5 Å². The van der Waals surface area contributed by atoms with Gasteiger partial charge in [-0.25, -0.2) is 0 Å². The molecule has 1 atom stereocenters. The molecule has 1 aliphatic heterocycles. The first kappa shape index (κ1) is 21.8. The maximum Gasteiger partial charge on any atom is 0.300 e. The Bertz CT molecular complexity index is 1190. The van der Waals surface area contributed by atoms with Gasteiger partial charge in [0.1, 0.15) is 17.6 Å². The molecule has 1 N–H and O–H groups in total. The van der Waals surface area contributed by atoms with Crippen LogP contribution in [0, 0.1) is 13.8 Å². The number of carbonyl (C=O) groups excluding carboxylic acids is 2. The molecule has 1 aliphatic rings. The van der Waals surface area contributed by atoms with Crippen molar-refractivity contribution in [2.24, 2.45) is 0 Å². The Hall–Kier alpha value is -3.38. The number of anilines is 1. The first-order chi connectivity index (χ1) is 15.4. The average molecular weight is 448 g/mol. The maximum atomic E-state index is 13.2. The lowest BCUT2D eigenvalue weighted by atomic mass is 9.98. The van der Waals surface area contributed by atoms with Gasteiger partial charge in [0, 0.05) is 16.1 Å². The molecule has 0 saturated carbocycles. The Morgan fingerprint density at radius 2 is 1.84 bits per heavy atom. The number of thiophene rings is 1. The van der Waals surface area contributed by atoms with Crippen molar-refractivity contribution < 1.29 is 19.4 Å². The summed E-state index contributed by atoms with van der Waals surface area (Å²) in [6.45, 7) is 6.51. The molecular weight excluding hydrogens is 422 g/mol. The highest BCUT2D eigenvalue weighted by Crippen LogP contribution is 2.44. The Labute approximate surface area is 191 Å². The van der Waals surface area contributed by atoms with Crippen molar-refractivity contribution in [3.63, 3.8) is 0 Å². The molecule has 164 valence electrons. The smallest absolute Gasteiger partial charge is 0.300 e. The molecule has 1 amide bonds. The van der Waals surface area contributed by atoms with Gasteiger partial charge in [-0.05, 0) is 79.2 Å². The van der Waals surface area contributed by atoms with E-state index in [9.17, 15) is 14.7 Å². The molecule has 0 aliphatic carbocycles. The van der Waals surface area contributed by atoms with Gasteiger partial charge in [0.2, 0.25) is 0 Å². The summed E-state index contributed by atoms with van der Waals surface area (Å²) in [6.07, 6.45) is 0.893. The number of nitrogens with zero attached hydrogens (tertiary/aromatic N) is 1. The lowest BCUT2D eigenvalue weighted by Crippen LogP contribution is -2.29. The van der Waals surface area contributed by atoms with Crippen molar-refractivity contribution in [3.05, 3.63) is 87.1 Å². The minimum Gasteiger partial charge on any atom is -0.507 e. The Balaban J connectivity index is 1.85. The number of hydrogen-bond acceptors (Lipinski definition) is 5. The van der Waals surface area contributed by atoms with Crippen molar-refractivity contribution in [3.8, 4) is 5.75 Å². The van der Waals surface area contributed by atoms with Crippen molar-refractivity contribution in [2.45, 2.75) is 33.2 Å². The van der Waals surface area contributed by atoms with Crippen molar-refractivity contribution in [1.29, 1.82) is 0 Å². The zero-order valence-corrected chi connectivity index (χ0v) is 19.1. The van der Waals surface area contributed by atoms with Gasteiger partial charge in [0.15, 0.2) is 0 Å². The summed E-state index contributed by atoms with van der Waals surface area (Å²) in [4.78, 5) is 28.7. The maximum absolute atomic E-state index is 13.2. The summed E-state index contributed by atoms with van der Waals surface area (Å²) < 4.78 is 5.61. The molecule has 5 nitrogen and oxygen atoms in total. The molecule has 2 aromatic carbocycles. The molecule has 1 fully saturated rings. The zero-order chi connectivity index (χ0) is 22.8. The van der Waals surface area contributed by atoms with E-state index < -0.39 is 17.7 Å². The summed E-state index contributed by atoms with van der Waals surface area (Å²) in [5, 5.41) is 13.1. The van der Waals surface area contributed by atoms with Gasteiger partial charge in [0.05, 0.1) is 12.2 Å². The highest BCUT2D eigenvalue weighted by Gasteiger charge is 2.47. The number of rotatable bonds is 6. The van der Waals surface area contributed by atoms with Crippen molar-refractivity contribution in [1.82, 2.24) is 0 Å². The van der Waals surface area contributed by atoms with E-state index in [1.807, 2.05) is 56.5 Å². The summed E-state index contributed by atoms with van der Waals surface area (Å²) in [7, 11) is 0. The fourth-order valence-electron chi connectivity index (χ4n) is 3.87. The predicted octanol–water partition coefficient (Wildman–Crippen LogP) is 5.78. The van der Waals surface area contributed by atoms with E-state index in [4.69, 9.17) is 4.74 Å². The number of ether oxygens (including phenoxy) is 1. The minimum absolute atomic E-state index is 0.101. The lowest BCUT2D eigenvalue weighted by Gasteiger charge is -2.25. The third kappa shape index (κ3) is 3.94. The van der Waals surface area contributed by atoms with Crippen molar-refractivity contribution >= 4 is 34.5 Å². The number of aryl methyl sites for hydroxylation is 2. The van der Waals surface area contributed by atoms with Gasteiger partial charge in [-0.2, -0.15) is 0 Å². The fraction of sp³-hybridized carbons (Fsp3) is 0.231. The SMILES string of the molecule is CCCOc1ccc(/C(O)=C2/C(=O)C(=O)N(c3cccc(C)c3)C2c2sccc2C)cc1. The number of carbonyl (C=O) groups is 2. The summed E-state index contributed by atoms with van der Waals surface area (Å²) in [5.41, 5.74) is 3.15. The Kier molecular flexibility index (Phi) is 6.15. The largest absolute Gasteiger partial charge is 0.507 e. The number of ketones is 1. The highest BCUT2D eigenvalue weighted by atomic mass is 32.1. The molecular formula is C26H25NO4S. The van der Waals surface area contributed by atoms with Gasteiger partial charge in [-0.3, -0.25) is 14.5 Å². The summed E-state index contributed by atoms with van der Waals surface area (Å²) in [6, 6.07) is 15.7. The normalized spacial score (nSPS) is 17.7. The first-order valence-corrected chi connectivity index (χ1v) is 11.4. The second-order valence-electron chi connectivity index (χ2n) is 7.85. The number of hydrogen-bond donors (Lipinski definition) is 1. The quantitative estimate of drug-likeness (QED) is 0.295. The topological polar surface area (TPSA) is 66.8 Å². The van der Waals surface area contributed by atoms with Crippen LogP contribution in [0.1, 0.15) is 41.0 Å². The second kappa shape index (κ2) is 9.01. The molecule has 6 heteroatoms. The molecule has 4 rings (SSSR count). The van der Waals surface area contributed by atoms with E-state index >= 15 is 0 Å². The monoisotopic (exact) mass is 447 g/mol. The van der Waals surface area contributed by atoms with Crippen LogP contribution in [0.3, 0.4) is 0 Å². The van der Waals surface area contributed by atoms with E-state index in [2.05, 4.69) is 0 Å². The Morgan fingerprint density at radius 1 is 1.09 bits per heavy atom. The van der Waals surface area contributed by atoms with Crippen LogP contribution in [0.15, 0.2) is 65.6 Å². The van der Waals surface area contributed by atoms with Gasteiger partial charge in [-0.1, -0.05) is 19.1 Å². The van der Waals surface area contributed by atoms with E-state index in [-0.39, 0.29) is 11.3 Å². The number of benzene rings is 2. The van der Waals surface area contributed by atoms with Crippen LogP contribution >= 0.6 is 11.3 Å². The molecule has 2 heterocycles. The van der Waals surface area contributed by atoms with E-state index in [1.165, 1.54) is 16.2 Å². The van der Waals surface area contributed by atoms with Crippen LogP contribution in [-0.4, -0.2) is 23.4 Å². The number of aliphatic hydroxyl groups is 1. The standard InChI is InChI=1S/C26H25NO4S/c1-4-13-31-20-10-8-18(9-11-20)23(28)21-22(25-17(3)12-14-32-25)27(26(30)24(21)29)19-7-5-6-16(2)15-19/h5-12,14-15,22,28H,4,13H2,1-3H3/b23-21-. The molecule has 0 radical (unpaired) electrons. The van der Waals surface area contributed by atoms with Gasteiger partial charge in [-0.15, -0.1) is 11.3 Å².